The van der Waals surface area contributed by atoms with E-state index in [2.05, 4.69) is 19.1 Å². The highest BCUT2D eigenvalue weighted by atomic mass is 16.1. The molecule has 0 aromatic heterocycles. The summed E-state index contributed by atoms with van der Waals surface area (Å²) in [6, 6.07) is 0. The molecule has 0 fully saturated rings. The molecule has 1 heteroatoms. The molecule has 0 saturated carbocycles. The summed E-state index contributed by atoms with van der Waals surface area (Å²) in [5.41, 5.74) is 0.835. The molecule has 0 spiro atoms. The van der Waals surface area contributed by atoms with Crippen LogP contribution in [-0.2, 0) is 4.79 Å². The van der Waals surface area contributed by atoms with Crippen molar-refractivity contribution in [3.8, 4) is 0 Å². The number of hydrogen-bond acceptors (Lipinski definition) is 1. The Kier molecular flexibility index (Phi) is 10.2. The summed E-state index contributed by atoms with van der Waals surface area (Å²) in [4.78, 5) is 10.4. The molecule has 0 bridgehead atoms. The maximum atomic E-state index is 10.4. The van der Waals surface area contributed by atoms with Gasteiger partial charge >= 0.3 is 0 Å². The van der Waals surface area contributed by atoms with Crippen LogP contribution in [0.4, 0.5) is 0 Å². The van der Waals surface area contributed by atoms with Crippen molar-refractivity contribution < 1.29 is 4.79 Å². The minimum Gasteiger partial charge on any atom is -0.298 e. The summed E-state index contributed by atoms with van der Waals surface area (Å²) >= 11 is 0. The van der Waals surface area contributed by atoms with Crippen molar-refractivity contribution in [1.29, 1.82) is 0 Å². The zero-order valence-corrected chi connectivity index (χ0v) is 11.2. The molecule has 0 aromatic carbocycles. The Morgan fingerprint density at radius 2 is 1.88 bits per heavy atom. The van der Waals surface area contributed by atoms with E-state index in [1.165, 1.54) is 0 Å². The first-order chi connectivity index (χ1) is 8.20. The highest BCUT2D eigenvalue weighted by Crippen LogP contribution is 2.12. The minimum absolute atomic E-state index is 0.664. The van der Waals surface area contributed by atoms with Crippen LogP contribution in [0.15, 0.2) is 48.1 Å². The number of rotatable bonds is 8. The average molecular weight is 232 g/mol. The zero-order chi connectivity index (χ0) is 12.9. The van der Waals surface area contributed by atoms with Gasteiger partial charge in [0.25, 0.3) is 0 Å². The van der Waals surface area contributed by atoms with Gasteiger partial charge in [0.15, 0.2) is 0 Å². The van der Waals surface area contributed by atoms with Gasteiger partial charge in [-0.2, -0.15) is 0 Å². The Balaban J connectivity index is 3.72. The van der Waals surface area contributed by atoms with E-state index in [1.807, 2.05) is 44.2 Å². The number of aldehydes is 1. The largest absolute Gasteiger partial charge is 0.298 e. The molecule has 0 saturated heterocycles. The van der Waals surface area contributed by atoms with Crippen molar-refractivity contribution in [2.45, 2.75) is 40.0 Å². The van der Waals surface area contributed by atoms with Gasteiger partial charge in [0, 0.05) is 0 Å². The third-order valence-corrected chi connectivity index (χ3v) is 2.51. The predicted octanol–water partition coefficient (Wildman–Crippen LogP) is 4.63. The van der Waals surface area contributed by atoms with Crippen molar-refractivity contribution >= 4 is 6.29 Å². The van der Waals surface area contributed by atoms with Gasteiger partial charge in [0.1, 0.15) is 6.29 Å². The molecule has 0 N–H and O–H groups in total. The fourth-order valence-corrected chi connectivity index (χ4v) is 1.39. The molecule has 0 aliphatic heterocycles. The second kappa shape index (κ2) is 11.1. The molecule has 0 aromatic rings. The maximum absolute atomic E-state index is 10.4. The van der Waals surface area contributed by atoms with Gasteiger partial charge in [-0.3, -0.25) is 4.79 Å². The van der Waals surface area contributed by atoms with Crippen LogP contribution in [0.3, 0.4) is 0 Å². The van der Waals surface area contributed by atoms with E-state index in [0.717, 1.165) is 31.1 Å². The van der Waals surface area contributed by atoms with Crippen molar-refractivity contribution in [2.24, 2.45) is 5.92 Å². The number of hydrogen-bond donors (Lipinski definition) is 0. The molecule has 0 aliphatic carbocycles. The van der Waals surface area contributed by atoms with Gasteiger partial charge in [-0.05, 0) is 44.6 Å². The molecule has 0 radical (unpaired) electrons. The van der Waals surface area contributed by atoms with E-state index in [1.54, 1.807) is 0 Å². The summed E-state index contributed by atoms with van der Waals surface area (Å²) in [7, 11) is 0. The highest BCUT2D eigenvalue weighted by molar-refractivity contribution is 5.71. The smallest absolute Gasteiger partial charge is 0.145 e. The monoisotopic (exact) mass is 232 g/mol. The Morgan fingerprint density at radius 3 is 2.53 bits per heavy atom. The zero-order valence-electron chi connectivity index (χ0n) is 11.2. The van der Waals surface area contributed by atoms with Crippen LogP contribution >= 0.6 is 0 Å². The minimum atomic E-state index is 0.664. The lowest BCUT2D eigenvalue weighted by Gasteiger charge is -2.05. The molecular formula is C16H24O. The molecule has 0 amide bonds. The van der Waals surface area contributed by atoms with E-state index in [9.17, 15) is 4.79 Å². The van der Waals surface area contributed by atoms with Crippen LogP contribution in [0.5, 0.6) is 0 Å². The van der Waals surface area contributed by atoms with Gasteiger partial charge in [0.2, 0.25) is 0 Å². The summed E-state index contributed by atoms with van der Waals surface area (Å²) in [6.07, 6.45) is 18.5. The summed E-state index contributed by atoms with van der Waals surface area (Å²) in [5.74, 6) is 0.664. The van der Waals surface area contributed by atoms with E-state index >= 15 is 0 Å². The fourth-order valence-electron chi connectivity index (χ4n) is 1.39. The molecule has 94 valence electrons. The second-order valence-corrected chi connectivity index (χ2v) is 4.32. The Labute approximate surface area is 106 Å². The third kappa shape index (κ3) is 10.9. The van der Waals surface area contributed by atoms with Gasteiger partial charge in [-0.15, -0.1) is 0 Å². The van der Waals surface area contributed by atoms with Crippen LogP contribution in [0.1, 0.15) is 40.0 Å². The van der Waals surface area contributed by atoms with E-state index < -0.39 is 0 Å². The average Bonchev–Trinajstić information content (AvgIpc) is 2.33. The molecule has 17 heavy (non-hydrogen) atoms. The van der Waals surface area contributed by atoms with Crippen LogP contribution in [0.2, 0.25) is 0 Å². The van der Waals surface area contributed by atoms with Crippen molar-refractivity contribution in [1.82, 2.24) is 0 Å². The van der Waals surface area contributed by atoms with Crippen molar-refractivity contribution in [2.75, 3.05) is 0 Å². The van der Waals surface area contributed by atoms with E-state index in [4.69, 9.17) is 0 Å². The third-order valence-electron chi connectivity index (χ3n) is 2.51. The summed E-state index contributed by atoms with van der Waals surface area (Å²) < 4.78 is 0. The van der Waals surface area contributed by atoms with E-state index in [-0.39, 0.29) is 0 Å². The molecule has 0 unspecified atom stereocenters. The van der Waals surface area contributed by atoms with Crippen LogP contribution < -0.4 is 0 Å². The number of allylic oxidation sites excluding steroid dienone is 8. The highest BCUT2D eigenvalue weighted by Gasteiger charge is 1.97. The second-order valence-electron chi connectivity index (χ2n) is 4.32. The van der Waals surface area contributed by atoms with Crippen molar-refractivity contribution in [3.63, 3.8) is 0 Å². The van der Waals surface area contributed by atoms with Gasteiger partial charge in [0.05, 0.1) is 0 Å². The number of carbonyl (C=O) groups is 1. The standard InChI is InChI=1S/C16H24O/c1-4-5-6-7-8-9-11-15(2)12-10-13-16(3)14-17/h4-9,13-15H,10-12H2,1-3H3/b5-4+,7-6+,9-8-,16-13+/t15-/m0/s1. The molecule has 0 rings (SSSR count). The van der Waals surface area contributed by atoms with Gasteiger partial charge in [-0.25, -0.2) is 0 Å². The fraction of sp³-hybridized carbons (Fsp3) is 0.438. The molecule has 1 nitrogen and oxygen atoms in total. The Bertz CT molecular complexity index is 305. The lowest BCUT2D eigenvalue weighted by Crippen LogP contribution is -1.91. The first kappa shape index (κ1) is 15.6. The topological polar surface area (TPSA) is 17.1 Å². The van der Waals surface area contributed by atoms with Gasteiger partial charge in [-0.1, -0.05) is 49.5 Å². The van der Waals surface area contributed by atoms with Crippen LogP contribution in [0, 0.1) is 5.92 Å². The Morgan fingerprint density at radius 1 is 1.18 bits per heavy atom. The predicted molar refractivity (Wildman–Crippen MR) is 75.9 cm³/mol. The quantitative estimate of drug-likeness (QED) is 0.339. The maximum Gasteiger partial charge on any atom is 0.145 e. The van der Waals surface area contributed by atoms with Gasteiger partial charge < -0.3 is 0 Å². The van der Waals surface area contributed by atoms with Crippen LogP contribution in [0.25, 0.3) is 0 Å². The van der Waals surface area contributed by atoms with Crippen molar-refractivity contribution in [3.05, 3.63) is 48.1 Å². The SMILES string of the molecule is C/C=C/C=C/C=C\C[C@H](C)CC/C=C(\C)C=O. The first-order valence-electron chi connectivity index (χ1n) is 6.27. The first-order valence-corrected chi connectivity index (χ1v) is 6.27. The molecule has 0 heterocycles. The molecule has 0 aliphatic rings. The summed E-state index contributed by atoms with van der Waals surface area (Å²) in [5, 5.41) is 0. The van der Waals surface area contributed by atoms with E-state index in [0.29, 0.717) is 5.92 Å². The van der Waals surface area contributed by atoms with Crippen LogP contribution in [-0.4, -0.2) is 6.29 Å². The normalized spacial score (nSPS) is 15.1. The lowest BCUT2D eigenvalue weighted by molar-refractivity contribution is -0.104. The lowest BCUT2D eigenvalue weighted by atomic mass is 10.0. The Hall–Kier alpha value is -1.37. The summed E-state index contributed by atoms with van der Waals surface area (Å²) in [6.45, 7) is 6.10. The molecular weight excluding hydrogens is 208 g/mol. The molecule has 1 atom stereocenters. The number of carbonyl (C=O) groups excluding carboxylic acids is 1.